The van der Waals surface area contributed by atoms with Gasteiger partial charge in [0, 0.05) is 18.0 Å². The molecule has 0 bridgehead atoms. The van der Waals surface area contributed by atoms with Crippen molar-refractivity contribution in [1.82, 2.24) is 15.1 Å². The van der Waals surface area contributed by atoms with Gasteiger partial charge < -0.3 is 10.1 Å². The molecule has 0 radical (unpaired) electrons. The lowest BCUT2D eigenvalue weighted by Crippen LogP contribution is -2.37. The maximum absolute atomic E-state index is 12.6. The molecule has 1 N–H and O–H groups in total. The molecular formula is C19H23N3O4. The minimum atomic E-state index is -0.917. The fraction of sp³-hybridized carbons (Fsp3) is 0.474. The average molecular weight is 357 g/mol. The number of rotatable bonds is 7. The highest BCUT2D eigenvalue weighted by atomic mass is 16.5. The number of fused-ring (bicyclic) bond motifs is 1. The van der Waals surface area contributed by atoms with Crippen LogP contribution in [0.3, 0.4) is 0 Å². The maximum Gasteiger partial charge on any atom is 0.360 e. The lowest BCUT2D eigenvalue weighted by atomic mass is 10.1. The molecule has 3 rings (SSSR count). The van der Waals surface area contributed by atoms with Gasteiger partial charge in [-0.1, -0.05) is 31.5 Å². The predicted molar refractivity (Wildman–Crippen MR) is 97.0 cm³/mol. The fourth-order valence-corrected chi connectivity index (χ4v) is 2.66. The zero-order valence-corrected chi connectivity index (χ0v) is 15.0. The van der Waals surface area contributed by atoms with Crippen LogP contribution >= 0.6 is 0 Å². The SMILES string of the molecule is CCCCn1nc(C(=O)O[C@@H](C)C(=O)NC2CC2)c2ccccc2c1=O. The first-order chi connectivity index (χ1) is 12.5. The molecule has 2 aromatic rings. The van der Waals surface area contributed by atoms with E-state index in [1.165, 1.54) is 11.6 Å². The van der Waals surface area contributed by atoms with E-state index in [2.05, 4.69) is 10.4 Å². The van der Waals surface area contributed by atoms with Crippen LogP contribution in [-0.4, -0.2) is 33.8 Å². The summed E-state index contributed by atoms with van der Waals surface area (Å²) in [5, 5.41) is 7.88. The van der Waals surface area contributed by atoms with Gasteiger partial charge in [0.25, 0.3) is 11.5 Å². The van der Waals surface area contributed by atoms with E-state index < -0.39 is 12.1 Å². The van der Waals surface area contributed by atoms with Crippen molar-refractivity contribution in [2.24, 2.45) is 0 Å². The van der Waals surface area contributed by atoms with Crippen molar-refractivity contribution >= 4 is 22.6 Å². The summed E-state index contributed by atoms with van der Waals surface area (Å²) >= 11 is 0. The summed E-state index contributed by atoms with van der Waals surface area (Å²) in [5.41, 5.74) is -0.174. The number of unbranched alkanes of at least 4 members (excludes halogenated alkanes) is 1. The predicted octanol–water partition coefficient (Wildman–Crippen LogP) is 2.02. The summed E-state index contributed by atoms with van der Waals surface area (Å²) in [6.45, 7) is 3.98. The fourth-order valence-electron chi connectivity index (χ4n) is 2.66. The van der Waals surface area contributed by atoms with E-state index in [0.717, 1.165) is 25.7 Å². The first kappa shape index (κ1) is 18.1. The van der Waals surface area contributed by atoms with Gasteiger partial charge in [-0.2, -0.15) is 5.10 Å². The molecule has 1 heterocycles. The van der Waals surface area contributed by atoms with Crippen LogP contribution in [0.15, 0.2) is 29.1 Å². The lowest BCUT2D eigenvalue weighted by molar-refractivity contribution is -0.129. The molecule has 1 aromatic carbocycles. The van der Waals surface area contributed by atoms with Crippen molar-refractivity contribution < 1.29 is 14.3 Å². The number of carbonyl (C=O) groups excluding carboxylic acids is 2. The first-order valence-corrected chi connectivity index (χ1v) is 9.02. The van der Waals surface area contributed by atoms with Gasteiger partial charge in [0.2, 0.25) is 0 Å². The summed E-state index contributed by atoms with van der Waals surface area (Å²) in [5.74, 6) is -1.02. The second kappa shape index (κ2) is 7.68. The zero-order chi connectivity index (χ0) is 18.7. The number of benzene rings is 1. The van der Waals surface area contributed by atoms with E-state index >= 15 is 0 Å². The molecule has 1 fully saturated rings. The lowest BCUT2D eigenvalue weighted by Gasteiger charge is -2.14. The van der Waals surface area contributed by atoms with Crippen molar-refractivity contribution in [1.29, 1.82) is 0 Å². The first-order valence-electron chi connectivity index (χ1n) is 9.02. The number of amides is 1. The quantitative estimate of drug-likeness (QED) is 0.766. The molecule has 0 unspecified atom stereocenters. The largest absolute Gasteiger partial charge is 0.448 e. The molecule has 1 atom stereocenters. The smallest absolute Gasteiger partial charge is 0.360 e. The summed E-state index contributed by atoms with van der Waals surface area (Å²) in [6.07, 6.45) is 2.68. The number of esters is 1. The monoisotopic (exact) mass is 357 g/mol. The van der Waals surface area contributed by atoms with Crippen molar-refractivity contribution in [3.8, 4) is 0 Å². The third-order valence-corrected chi connectivity index (χ3v) is 4.36. The second-order valence-electron chi connectivity index (χ2n) is 6.61. The molecule has 1 aliphatic rings. The Bertz CT molecular complexity index is 886. The number of nitrogens with zero attached hydrogens (tertiary/aromatic N) is 2. The summed E-state index contributed by atoms with van der Waals surface area (Å²) < 4.78 is 6.61. The molecule has 7 nitrogen and oxygen atoms in total. The van der Waals surface area contributed by atoms with Crippen LogP contribution in [0.1, 0.15) is 50.0 Å². The number of ether oxygens (including phenoxy) is 1. The number of carbonyl (C=O) groups is 2. The molecule has 138 valence electrons. The Hall–Kier alpha value is -2.70. The number of aromatic nitrogens is 2. The van der Waals surface area contributed by atoms with E-state index in [0.29, 0.717) is 17.3 Å². The molecule has 0 spiro atoms. The molecule has 1 amide bonds. The van der Waals surface area contributed by atoms with E-state index in [4.69, 9.17) is 4.74 Å². The Morgan fingerprint density at radius 1 is 1.31 bits per heavy atom. The van der Waals surface area contributed by atoms with Gasteiger partial charge in [0.15, 0.2) is 11.8 Å². The molecule has 1 saturated carbocycles. The zero-order valence-electron chi connectivity index (χ0n) is 15.0. The third-order valence-electron chi connectivity index (χ3n) is 4.36. The molecule has 1 aromatic heterocycles. The Labute approximate surface area is 151 Å². The number of hydrogen-bond donors (Lipinski definition) is 1. The van der Waals surface area contributed by atoms with Gasteiger partial charge in [0.1, 0.15) is 0 Å². The van der Waals surface area contributed by atoms with Gasteiger partial charge in [-0.25, -0.2) is 9.48 Å². The Kier molecular flexibility index (Phi) is 5.35. The van der Waals surface area contributed by atoms with E-state index in [-0.39, 0.29) is 23.2 Å². The van der Waals surface area contributed by atoms with E-state index in [9.17, 15) is 14.4 Å². The Morgan fingerprint density at radius 2 is 2.00 bits per heavy atom. The molecule has 7 heteroatoms. The highest BCUT2D eigenvalue weighted by Gasteiger charge is 2.28. The van der Waals surface area contributed by atoms with Crippen molar-refractivity contribution in [3.05, 3.63) is 40.3 Å². The minimum absolute atomic E-state index is 0.0578. The van der Waals surface area contributed by atoms with Gasteiger partial charge in [-0.15, -0.1) is 0 Å². The highest BCUT2D eigenvalue weighted by molar-refractivity contribution is 6.02. The minimum Gasteiger partial charge on any atom is -0.448 e. The van der Waals surface area contributed by atoms with Crippen LogP contribution in [0, 0.1) is 0 Å². The number of aryl methyl sites for hydroxylation is 1. The standard InChI is InChI=1S/C19H23N3O4/c1-3-4-11-22-18(24)15-8-6-5-7-14(15)16(21-22)19(25)26-12(2)17(23)20-13-9-10-13/h5-8,12-13H,3-4,9-11H2,1-2H3,(H,20,23)/t12-/m0/s1. The highest BCUT2D eigenvalue weighted by Crippen LogP contribution is 2.19. The van der Waals surface area contributed by atoms with Crippen LogP contribution in [0.2, 0.25) is 0 Å². The van der Waals surface area contributed by atoms with Crippen molar-refractivity contribution in [2.45, 2.75) is 58.2 Å². The topological polar surface area (TPSA) is 90.3 Å². The van der Waals surface area contributed by atoms with Gasteiger partial charge in [0.05, 0.1) is 5.39 Å². The third kappa shape index (κ3) is 3.92. The van der Waals surface area contributed by atoms with Crippen LogP contribution < -0.4 is 10.9 Å². The van der Waals surface area contributed by atoms with Crippen LogP contribution in [0.25, 0.3) is 10.8 Å². The van der Waals surface area contributed by atoms with Gasteiger partial charge in [-0.05, 0) is 32.3 Å². The van der Waals surface area contributed by atoms with Gasteiger partial charge in [-0.3, -0.25) is 9.59 Å². The van der Waals surface area contributed by atoms with E-state index in [1.807, 2.05) is 6.92 Å². The molecule has 1 aliphatic carbocycles. The normalized spacial score (nSPS) is 14.8. The molecule has 26 heavy (non-hydrogen) atoms. The average Bonchev–Trinajstić information content (AvgIpc) is 3.45. The maximum atomic E-state index is 12.6. The summed E-state index contributed by atoms with van der Waals surface area (Å²) in [7, 11) is 0. The molecule has 0 aliphatic heterocycles. The van der Waals surface area contributed by atoms with Crippen LogP contribution in [0.4, 0.5) is 0 Å². The van der Waals surface area contributed by atoms with Crippen molar-refractivity contribution in [3.63, 3.8) is 0 Å². The van der Waals surface area contributed by atoms with Crippen LogP contribution in [0.5, 0.6) is 0 Å². The summed E-state index contributed by atoms with van der Waals surface area (Å²) in [4.78, 5) is 37.2. The number of nitrogens with one attached hydrogen (secondary N) is 1. The van der Waals surface area contributed by atoms with Crippen LogP contribution in [-0.2, 0) is 16.1 Å². The van der Waals surface area contributed by atoms with Gasteiger partial charge >= 0.3 is 5.97 Å². The van der Waals surface area contributed by atoms with Crippen molar-refractivity contribution in [2.75, 3.05) is 0 Å². The Morgan fingerprint density at radius 3 is 2.65 bits per heavy atom. The van der Waals surface area contributed by atoms with E-state index in [1.54, 1.807) is 24.3 Å². The number of hydrogen-bond acceptors (Lipinski definition) is 5. The molecule has 0 saturated heterocycles. The second-order valence-corrected chi connectivity index (χ2v) is 6.61. The Balaban J connectivity index is 1.89. The molecular weight excluding hydrogens is 334 g/mol. The summed E-state index contributed by atoms with van der Waals surface area (Å²) in [6, 6.07) is 7.01.